The summed E-state index contributed by atoms with van der Waals surface area (Å²) in [5.41, 5.74) is 12.5. The fourth-order valence-electron chi connectivity index (χ4n) is 9.12. The summed E-state index contributed by atoms with van der Waals surface area (Å²) in [6.45, 7) is 27.8. The zero-order valence-electron chi connectivity index (χ0n) is 43.6. The average molecular weight is 986 g/mol. The van der Waals surface area contributed by atoms with Gasteiger partial charge in [0.25, 0.3) is 0 Å². The predicted octanol–water partition coefficient (Wildman–Crippen LogP) is 15.4. The molecule has 2 N–H and O–H groups in total. The van der Waals surface area contributed by atoms with E-state index < -0.39 is 0 Å². The Morgan fingerprint density at radius 1 is 0.371 bits per heavy atom. The second kappa shape index (κ2) is 21.2. The number of hydrogen-bond acceptors (Lipinski definition) is 6. The number of aromatic hydroxyl groups is 2. The number of benzene rings is 6. The van der Waals surface area contributed by atoms with Crippen molar-refractivity contribution < 1.29 is 29.2 Å². The summed E-state index contributed by atoms with van der Waals surface area (Å²) in [6, 6.07) is 33.2. The first-order valence-electron chi connectivity index (χ1n) is 24.8. The van der Waals surface area contributed by atoms with Crippen molar-refractivity contribution in [2.45, 2.75) is 142 Å². The monoisotopic (exact) mass is 984 g/mol. The van der Waals surface area contributed by atoms with Gasteiger partial charge in [0.15, 0.2) is 0 Å². The first-order chi connectivity index (χ1) is 32.9. The molecule has 0 heterocycles. The summed E-state index contributed by atoms with van der Waals surface area (Å²) < 4.78 is 26.4. The second-order valence-electron chi connectivity index (χ2n) is 23.1. The van der Waals surface area contributed by atoms with Gasteiger partial charge in [0.2, 0.25) is 0 Å². The Balaban J connectivity index is 1.45. The van der Waals surface area contributed by atoms with Gasteiger partial charge in [-0.05, 0) is 101 Å². The van der Waals surface area contributed by atoms with Gasteiger partial charge in [-0.2, -0.15) is 0 Å². The lowest BCUT2D eigenvalue weighted by Gasteiger charge is -2.28. The first-order valence-corrected chi connectivity index (χ1v) is 25.8. The minimum atomic E-state index is -0.230. The van der Waals surface area contributed by atoms with Crippen LogP contribution < -0.4 is 18.9 Å². The molecule has 8 heteroatoms. The van der Waals surface area contributed by atoms with Gasteiger partial charge in [0, 0.05) is 36.8 Å². The third-order valence-electron chi connectivity index (χ3n) is 13.4. The van der Waals surface area contributed by atoms with Crippen molar-refractivity contribution in [3.63, 3.8) is 0 Å². The van der Waals surface area contributed by atoms with Gasteiger partial charge in [-0.3, -0.25) is 0 Å². The van der Waals surface area contributed by atoms with Crippen molar-refractivity contribution in [1.82, 2.24) is 0 Å². The predicted molar refractivity (Wildman–Crippen MR) is 289 cm³/mol. The van der Waals surface area contributed by atoms with Crippen LogP contribution in [0.1, 0.15) is 161 Å². The van der Waals surface area contributed by atoms with Crippen molar-refractivity contribution in [3.8, 4) is 34.5 Å². The Morgan fingerprint density at radius 3 is 0.871 bits per heavy atom. The van der Waals surface area contributed by atoms with Crippen molar-refractivity contribution in [2.75, 3.05) is 26.4 Å². The van der Waals surface area contributed by atoms with E-state index in [-0.39, 0.29) is 46.4 Å². The number of phenols is 2. The molecule has 0 fully saturated rings. The highest BCUT2D eigenvalue weighted by Gasteiger charge is 2.29. The Hall–Kier alpha value is -5.30. The van der Waals surface area contributed by atoms with Crippen LogP contribution in [0.15, 0.2) is 97.1 Å². The number of ether oxygens (including phenoxy) is 4. The van der Waals surface area contributed by atoms with Gasteiger partial charge in [0.05, 0.1) is 11.8 Å². The SMILES string of the molecule is CC(C)(C)c1cc2c(O)c(c1)Cc1cc(C(C)(C)C)cc(c1OCCOc1ccccc1CCl)Cc1cc(C(C)(C)C)cc(c1O)Cc1cc(C(C)(C)C)cc(c1OCCOc1ccccc1CCl)C2. The Kier molecular flexibility index (Phi) is 15.9. The summed E-state index contributed by atoms with van der Waals surface area (Å²) in [5.74, 6) is 4.10. The molecular formula is C62H74Cl2O6. The Morgan fingerprint density at radius 2 is 0.614 bits per heavy atom. The molecule has 8 bridgehead atoms. The Labute approximate surface area is 428 Å². The molecule has 372 valence electrons. The van der Waals surface area contributed by atoms with E-state index in [0.29, 0.717) is 50.7 Å². The molecule has 0 unspecified atom stereocenters. The molecule has 0 amide bonds. The number of phenolic OH excluding ortho intramolecular Hbond substituents is 2. The zero-order chi connectivity index (χ0) is 50.8. The number of halogens is 2. The van der Waals surface area contributed by atoms with E-state index in [9.17, 15) is 10.2 Å². The van der Waals surface area contributed by atoms with Crippen LogP contribution in [0.2, 0.25) is 0 Å². The van der Waals surface area contributed by atoms with Gasteiger partial charge < -0.3 is 29.2 Å². The maximum atomic E-state index is 12.7. The van der Waals surface area contributed by atoms with E-state index >= 15 is 0 Å². The van der Waals surface area contributed by atoms with Gasteiger partial charge in [-0.25, -0.2) is 0 Å². The molecule has 6 aromatic rings. The zero-order valence-corrected chi connectivity index (χ0v) is 45.1. The van der Waals surface area contributed by atoms with E-state index in [4.69, 9.17) is 42.1 Å². The molecule has 70 heavy (non-hydrogen) atoms. The fourth-order valence-corrected chi connectivity index (χ4v) is 9.56. The van der Waals surface area contributed by atoms with E-state index in [0.717, 1.165) is 101 Å². The van der Waals surface area contributed by atoms with E-state index in [2.05, 4.69) is 132 Å². The van der Waals surface area contributed by atoms with Crippen molar-refractivity contribution in [2.24, 2.45) is 0 Å². The summed E-state index contributed by atoms with van der Waals surface area (Å²) in [7, 11) is 0. The number of fused-ring (bicyclic) bond motifs is 8. The van der Waals surface area contributed by atoms with Crippen LogP contribution in [-0.4, -0.2) is 36.6 Å². The van der Waals surface area contributed by atoms with Crippen molar-refractivity contribution in [3.05, 3.63) is 175 Å². The summed E-state index contributed by atoms with van der Waals surface area (Å²) in [6.07, 6.45) is 1.62. The Bertz CT molecular complexity index is 2530. The second-order valence-corrected chi connectivity index (χ2v) is 23.7. The molecule has 1 aliphatic rings. The minimum Gasteiger partial charge on any atom is -0.507 e. The van der Waals surface area contributed by atoms with Gasteiger partial charge in [-0.15, -0.1) is 23.2 Å². The normalized spacial score (nSPS) is 13.2. The molecule has 0 radical (unpaired) electrons. The lowest BCUT2D eigenvalue weighted by molar-refractivity contribution is 0.214. The molecule has 0 aliphatic heterocycles. The lowest BCUT2D eigenvalue weighted by Crippen LogP contribution is -2.18. The molecular weight excluding hydrogens is 912 g/mol. The molecule has 6 nitrogen and oxygen atoms in total. The number of hydrogen-bond donors (Lipinski definition) is 2. The minimum absolute atomic E-state index is 0.222. The quantitative estimate of drug-likeness (QED) is 0.0938. The maximum absolute atomic E-state index is 12.7. The number of para-hydroxylation sites is 2. The summed E-state index contributed by atoms with van der Waals surface area (Å²) in [4.78, 5) is 0. The highest BCUT2D eigenvalue weighted by atomic mass is 35.5. The van der Waals surface area contributed by atoms with Gasteiger partial charge in [0.1, 0.15) is 60.9 Å². The molecule has 0 spiro atoms. The van der Waals surface area contributed by atoms with Crippen LogP contribution >= 0.6 is 23.2 Å². The molecule has 7 rings (SSSR count). The summed E-state index contributed by atoms with van der Waals surface area (Å²) >= 11 is 12.6. The van der Waals surface area contributed by atoms with E-state index in [1.807, 2.05) is 48.5 Å². The smallest absolute Gasteiger partial charge is 0.126 e. The van der Waals surface area contributed by atoms with E-state index in [1.165, 1.54) is 0 Å². The van der Waals surface area contributed by atoms with Crippen molar-refractivity contribution >= 4 is 23.2 Å². The molecule has 0 saturated carbocycles. The van der Waals surface area contributed by atoms with Crippen LogP contribution in [0, 0.1) is 0 Å². The van der Waals surface area contributed by atoms with Crippen LogP contribution in [-0.2, 0) is 59.1 Å². The van der Waals surface area contributed by atoms with Crippen LogP contribution in [0.3, 0.4) is 0 Å². The molecule has 1 aliphatic carbocycles. The molecule has 0 saturated heterocycles. The lowest BCUT2D eigenvalue weighted by atomic mass is 9.79. The molecule has 6 aromatic carbocycles. The topological polar surface area (TPSA) is 77.4 Å². The maximum Gasteiger partial charge on any atom is 0.126 e. The highest BCUT2D eigenvalue weighted by Crippen LogP contribution is 2.44. The third-order valence-corrected chi connectivity index (χ3v) is 14.0. The molecule has 0 atom stereocenters. The highest BCUT2D eigenvalue weighted by molar-refractivity contribution is 6.17. The van der Waals surface area contributed by atoms with Gasteiger partial charge in [-0.1, -0.05) is 168 Å². The largest absolute Gasteiger partial charge is 0.507 e. The number of alkyl halides is 2. The number of rotatable bonds is 12. The van der Waals surface area contributed by atoms with Crippen molar-refractivity contribution in [1.29, 1.82) is 0 Å². The van der Waals surface area contributed by atoms with Crippen LogP contribution in [0.4, 0.5) is 0 Å². The van der Waals surface area contributed by atoms with Gasteiger partial charge >= 0.3 is 0 Å². The average Bonchev–Trinajstić information content (AvgIpc) is 3.28. The standard InChI is InChI=1S/C62H74Cl2O6/c1-59(2,3)49-29-41-25-45-33-51(61(7,8)9)35-47(57(45)69-23-21-67-53-19-15-13-17-39(53)37-63)27-43-31-50(60(4,5)6)32-44(56(43)66)28-48-36-52(62(10,11)12)34-46(26-42(30-49)55(41)65)58(48)70-24-22-68-54-20-16-14-18-40(54)38-64/h13-20,29-36,65-66H,21-28,37-38H2,1-12H3. The fraction of sp³-hybridized carbons (Fsp3) is 0.419. The molecule has 0 aromatic heterocycles. The first kappa shape index (κ1) is 52.5. The van der Waals surface area contributed by atoms with Crippen LogP contribution in [0.25, 0.3) is 0 Å². The van der Waals surface area contributed by atoms with Crippen LogP contribution in [0.5, 0.6) is 34.5 Å². The van der Waals surface area contributed by atoms with E-state index in [1.54, 1.807) is 0 Å². The third kappa shape index (κ3) is 12.4. The summed E-state index contributed by atoms with van der Waals surface area (Å²) in [5, 5.41) is 25.4.